The van der Waals surface area contributed by atoms with E-state index in [0.29, 0.717) is 17.6 Å². The molecule has 0 unspecified atom stereocenters. The highest BCUT2D eigenvalue weighted by molar-refractivity contribution is 8.13. The highest BCUT2D eigenvalue weighted by Crippen LogP contribution is 2.32. The van der Waals surface area contributed by atoms with Crippen molar-refractivity contribution in [2.45, 2.75) is 19.8 Å². The Morgan fingerprint density at radius 2 is 2.29 bits per heavy atom. The number of thioether (sulfide) groups is 1. The molecule has 5 heteroatoms. The van der Waals surface area contributed by atoms with Crippen LogP contribution in [0.3, 0.4) is 0 Å². The Hall–Kier alpha value is -1.10. The molecule has 0 bridgehead atoms. The summed E-state index contributed by atoms with van der Waals surface area (Å²) in [6.45, 7) is 6.82. The summed E-state index contributed by atoms with van der Waals surface area (Å²) >= 11 is 1.44. The number of carbonyl (C=O) groups excluding carboxylic acids is 1. The fourth-order valence-electron chi connectivity index (χ4n) is 1.87. The zero-order valence-electron chi connectivity index (χ0n) is 10.3. The van der Waals surface area contributed by atoms with Crippen LogP contribution in [0, 0.1) is 5.92 Å². The second-order valence-electron chi connectivity index (χ2n) is 4.46. The number of hydrogen-bond acceptors (Lipinski definition) is 3. The van der Waals surface area contributed by atoms with E-state index in [9.17, 15) is 4.79 Å². The summed E-state index contributed by atoms with van der Waals surface area (Å²) in [5.41, 5.74) is 1.59. The van der Waals surface area contributed by atoms with E-state index in [0.717, 1.165) is 17.8 Å². The summed E-state index contributed by atoms with van der Waals surface area (Å²) in [6, 6.07) is 0. The van der Waals surface area contributed by atoms with Crippen LogP contribution in [0.5, 0.6) is 0 Å². The molecule has 1 heterocycles. The number of hydrogen-bond donors (Lipinski definition) is 0. The molecule has 0 aromatic rings. The van der Waals surface area contributed by atoms with Crippen LogP contribution in [-0.4, -0.2) is 42.0 Å². The van der Waals surface area contributed by atoms with Crippen LogP contribution in [0.1, 0.15) is 19.8 Å². The maximum absolute atomic E-state index is 12.0. The van der Waals surface area contributed by atoms with Crippen LogP contribution < -0.4 is 0 Å². The zero-order chi connectivity index (χ0) is 12.4. The first-order valence-corrected chi connectivity index (χ1v) is 6.96. The standard InChI is InChI=1S/C12H17N3OS/c1-8-10(14-12(13-2)17-3)7-15(11(8)16)6-9-4-5-9/h9H,2,4-7H2,1,3H3/b14-12+. The Morgan fingerprint density at radius 3 is 2.82 bits per heavy atom. The number of amides is 1. The molecule has 0 radical (unpaired) electrons. The van der Waals surface area contributed by atoms with E-state index < -0.39 is 0 Å². The van der Waals surface area contributed by atoms with Crippen molar-refractivity contribution in [3.63, 3.8) is 0 Å². The predicted octanol–water partition coefficient (Wildman–Crippen LogP) is 1.93. The van der Waals surface area contributed by atoms with Crippen molar-refractivity contribution in [3.05, 3.63) is 11.3 Å². The van der Waals surface area contributed by atoms with Gasteiger partial charge in [-0.15, -0.1) is 0 Å². The molecule has 1 amide bonds. The lowest BCUT2D eigenvalue weighted by Crippen LogP contribution is -2.29. The van der Waals surface area contributed by atoms with Gasteiger partial charge in [0.15, 0.2) is 5.17 Å². The summed E-state index contributed by atoms with van der Waals surface area (Å²) in [4.78, 5) is 22.1. The van der Waals surface area contributed by atoms with Crippen molar-refractivity contribution in [2.24, 2.45) is 15.9 Å². The second-order valence-corrected chi connectivity index (χ2v) is 5.23. The minimum atomic E-state index is 0.125. The van der Waals surface area contributed by atoms with Crippen molar-refractivity contribution in [3.8, 4) is 0 Å². The van der Waals surface area contributed by atoms with Gasteiger partial charge < -0.3 is 4.90 Å². The monoisotopic (exact) mass is 251 g/mol. The largest absolute Gasteiger partial charge is 0.333 e. The lowest BCUT2D eigenvalue weighted by Gasteiger charge is -2.15. The SMILES string of the molecule is C=N/C(=N\C1=C(C)C(=O)N(CC2CC2)C1)SC. The molecule has 0 N–H and O–H groups in total. The predicted molar refractivity (Wildman–Crippen MR) is 72.5 cm³/mol. The molecule has 0 atom stereocenters. The molecule has 92 valence electrons. The molecule has 4 nitrogen and oxygen atoms in total. The molecule has 2 rings (SSSR count). The van der Waals surface area contributed by atoms with Crippen LogP contribution in [0.15, 0.2) is 21.3 Å². The van der Waals surface area contributed by atoms with Gasteiger partial charge in [0, 0.05) is 12.1 Å². The number of carbonyl (C=O) groups is 1. The summed E-state index contributed by atoms with van der Waals surface area (Å²) < 4.78 is 0. The molecule has 1 aliphatic heterocycles. The van der Waals surface area contributed by atoms with Gasteiger partial charge in [0.2, 0.25) is 0 Å². The van der Waals surface area contributed by atoms with Gasteiger partial charge in [-0.3, -0.25) is 4.79 Å². The quantitative estimate of drug-likeness (QED) is 0.568. The minimum Gasteiger partial charge on any atom is -0.333 e. The number of rotatable bonds is 3. The molecule has 0 saturated heterocycles. The average molecular weight is 251 g/mol. The van der Waals surface area contributed by atoms with Gasteiger partial charge in [-0.1, -0.05) is 11.8 Å². The van der Waals surface area contributed by atoms with Crippen molar-refractivity contribution in [1.82, 2.24) is 4.90 Å². The maximum Gasteiger partial charge on any atom is 0.251 e. The first-order valence-electron chi connectivity index (χ1n) is 5.74. The van der Waals surface area contributed by atoms with Gasteiger partial charge in [-0.05, 0) is 38.7 Å². The van der Waals surface area contributed by atoms with E-state index in [2.05, 4.69) is 16.7 Å². The van der Waals surface area contributed by atoms with E-state index in [1.165, 1.54) is 24.6 Å². The van der Waals surface area contributed by atoms with Gasteiger partial charge >= 0.3 is 0 Å². The van der Waals surface area contributed by atoms with Crippen LogP contribution in [0.4, 0.5) is 0 Å². The average Bonchev–Trinajstić information content (AvgIpc) is 3.10. The van der Waals surface area contributed by atoms with Gasteiger partial charge in [0.25, 0.3) is 5.91 Å². The van der Waals surface area contributed by atoms with Gasteiger partial charge in [0.1, 0.15) is 0 Å². The fourth-order valence-corrected chi connectivity index (χ4v) is 2.20. The first kappa shape index (κ1) is 12.4. The number of nitrogens with zero attached hydrogens (tertiary/aromatic N) is 3. The van der Waals surface area contributed by atoms with Gasteiger partial charge in [0.05, 0.1) is 12.2 Å². The Labute approximate surface area is 106 Å². The molecule has 1 fully saturated rings. The summed E-state index contributed by atoms with van der Waals surface area (Å²) in [5.74, 6) is 0.841. The van der Waals surface area contributed by atoms with E-state index in [-0.39, 0.29) is 5.91 Å². The molecule has 0 spiro atoms. The normalized spacial score (nSPS) is 21.4. The summed E-state index contributed by atoms with van der Waals surface area (Å²) in [7, 11) is 0. The lowest BCUT2D eigenvalue weighted by molar-refractivity contribution is -0.125. The van der Waals surface area contributed by atoms with E-state index >= 15 is 0 Å². The zero-order valence-corrected chi connectivity index (χ0v) is 11.1. The van der Waals surface area contributed by atoms with Crippen LogP contribution in [0.25, 0.3) is 0 Å². The second kappa shape index (κ2) is 5.04. The summed E-state index contributed by atoms with van der Waals surface area (Å²) in [5, 5.41) is 0.625. The van der Waals surface area contributed by atoms with Gasteiger partial charge in [-0.25, -0.2) is 9.98 Å². The van der Waals surface area contributed by atoms with Crippen LogP contribution in [-0.2, 0) is 4.79 Å². The fraction of sp³-hybridized carbons (Fsp3) is 0.583. The molecular formula is C12H17N3OS. The van der Waals surface area contributed by atoms with E-state index in [1.807, 2.05) is 18.1 Å². The third kappa shape index (κ3) is 2.77. The van der Waals surface area contributed by atoms with Crippen LogP contribution in [0.2, 0.25) is 0 Å². The highest BCUT2D eigenvalue weighted by atomic mass is 32.2. The topological polar surface area (TPSA) is 45.0 Å². The lowest BCUT2D eigenvalue weighted by atomic mass is 10.3. The van der Waals surface area contributed by atoms with Crippen molar-refractivity contribution in [2.75, 3.05) is 19.3 Å². The van der Waals surface area contributed by atoms with Crippen molar-refractivity contribution in [1.29, 1.82) is 0 Å². The molecule has 17 heavy (non-hydrogen) atoms. The maximum atomic E-state index is 12.0. The Kier molecular flexibility index (Phi) is 3.66. The van der Waals surface area contributed by atoms with Crippen LogP contribution >= 0.6 is 11.8 Å². The van der Waals surface area contributed by atoms with Gasteiger partial charge in [-0.2, -0.15) is 0 Å². The first-order chi connectivity index (χ1) is 8.15. The Balaban J connectivity index is 2.09. The molecule has 0 aromatic carbocycles. The molecule has 2 aliphatic rings. The Morgan fingerprint density at radius 1 is 1.59 bits per heavy atom. The molecule has 0 aromatic heterocycles. The minimum absolute atomic E-state index is 0.125. The molecule has 1 saturated carbocycles. The van der Waals surface area contributed by atoms with Crippen molar-refractivity contribution >= 4 is 29.6 Å². The molecular weight excluding hydrogens is 234 g/mol. The number of aliphatic imine (C=N–C) groups is 2. The van der Waals surface area contributed by atoms with E-state index in [4.69, 9.17) is 0 Å². The Bertz CT molecular complexity index is 410. The summed E-state index contributed by atoms with van der Waals surface area (Å²) in [6.07, 6.45) is 4.42. The smallest absolute Gasteiger partial charge is 0.251 e. The highest BCUT2D eigenvalue weighted by Gasteiger charge is 2.32. The third-order valence-electron chi connectivity index (χ3n) is 3.11. The third-order valence-corrected chi connectivity index (χ3v) is 3.69. The van der Waals surface area contributed by atoms with Crippen molar-refractivity contribution < 1.29 is 4.79 Å². The molecule has 1 aliphatic carbocycles. The van der Waals surface area contributed by atoms with E-state index in [1.54, 1.807) is 0 Å². The number of amidine groups is 1.